The van der Waals surface area contributed by atoms with Gasteiger partial charge in [0.05, 0.1) is 0 Å². The average molecular weight is 333 g/mol. The van der Waals surface area contributed by atoms with E-state index in [0.717, 1.165) is 41.5 Å². The normalized spacial score (nSPS) is 16.5. The van der Waals surface area contributed by atoms with Crippen LogP contribution in [0.1, 0.15) is 30.1 Å². The Morgan fingerprint density at radius 1 is 1.12 bits per heavy atom. The van der Waals surface area contributed by atoms with Crippen LogP contribution in [0, 0.1) is 0 Å². The van der Waals surface area contributed by atoms with Crippen molar-refractivity contribution < 1.29 is 23.0 Å². The molecule has 0 aliphatic heterocycles. The molecule has 4 nitrogen and oxygen atoms in total. The molecule has 6 heteroatoms. The first-order valence-corrected chi connectivity index (χ1v) is 7.67. The molecule has 0 radical (unpaired) electrons. The maximum absolute atomic E-state index is 12.2. The Hall–Kier alpha value is -2.63. The van der Waals surface area contributed by atoms with Crippen molar-refractivity contribution in [1.82, 2.24) is 0 Å². The lowest BCUT2D eigenvalue weighted by molar-refractivity contribution is -0.0498. The number of carbonyl (C=O) groups is 1. The molecule has 0 aromatic heterocycles. The monoisotopic (exact) mass is 333 g/mol. The zero-order valence-corrected chi connectivity index (χ0v) is 12.9. The molecule has 0 fully saturated rings. The molecule has 3 rings (SSSR count). The standard InChI is InChI=1S/C18H17F2NO3/c19-17(20)23-14-7-4-11(5-8-14)12-6-9-15-13(10-12)2-1-3-16(15)24-18(21)22/h4-10,16-17H,1-3H2,(H2,21,22). The van der Waals surface area contributed by atoms with Crippen molar-refractivity contribution in [3.05, 3.63) is 53.6 Å². The highest BCUT2D eigenvalue weighted by molar-refractivity contribution is 5.67. The fourth-order valence-corrected chi connectivity index (χ4v) is 3.04. The molecule has 0 saturated carbocycles. The second-order valence-electron chi connectivity index (χ2n) is 5.63. The summed E-state index contributed by atoms with van der Waals surface area (Å²) in [7, 11) is 0. The van der Waals surface area contributed by atoms with E-state index in [0.29, 0.717) is 0 Å². The Morgan fingerprint density at radius 2 is 1.83 bits per heavy atom. The number of nitrogens with two attached hydrogens (primary N) is 1. The molecule has 2 aromatic rings. The number of aryl methyl sites for hydroxylation is 1. The van der Waals surface area contributed by atoms with Crippen LogP contribution < -0.4 is 10.5 Å². The van der Waals surface area contributed by atoms with E-state index >= 15 is 0 Å². The minimum absolute atomic E-state index is 0.127. The molecule has 0 bridgehead atoms. The second kappa shape index (κ2) is 6.86. The maximum atomic E-state index is 12.2. The minimum Gasteiger partial charge on any atom is -0.442 e. The summed E-state index contributed by atoms with van der Waals surface area (Å²) >= 11 is 0. The summed E-state index contributed by atoms with van der Waals surface area (Å²) in [6, 6.07) is 12.4. The Labute approximate surface area is 138 Å². The molecular formula is C18H17F2NO3. The van der Waals surface area contributed by atoms with Gasteiger partial charge in [-0.05, 0) is 53.6 Å². The lowest BCUT2D eigenvalue weighted by Crippen LogP contribution is -2.20. The topological polar surface area (TPSA) is 61.6 Å². The lowest BCUT2D eigenvalue weighted by Gasteiger charge is -2.25. The van der Waals surface area contributed by atoms with E-state index in [1.165, 1.54) is 12.1 Å². The number of amides is 1. The fourth-order valence-electron chi connectivity index (χ4n) is 3.04. The van der Waals surface area contributed by atoms with Gasteiger partial charge in [-0.3, -0.25) is 0 Å². The van der Waals surface area contributed by atoms with E-state index in [1.54, 1.807) is 12.1 Å². The van der Waals surface area contributed by atoms with Crippen molar-refractivity contribution in [2.75, 3.05) is 0 Å². The zero-order chi connectivity index (χ0) is 17.1. The van der Waals surface area contributed by atoms with Gasteiger partial charge in [0.2, 0.25) is 0 Å². The van der Waals surface area contributed by atoms with Crippen LogP contribution in [-0.4, -0.2) is 12.7 Å². The number of fused-ring (bicyclic) bond motifs is 1. The van der Waals surface area contributed by atoms with E-state index in [2.05, 4.69) is 4.74 Å². The SMILES string of the molecule is NC(=O)OC1CCCc2cc(-c3ccc(OC(F)F)cc3)ccc21. The number of halogens is 2. The maximum Gasteiger partial charge on any atom is 0.405 e. The van der Waals surface area contributed by atoms with E-state index in [1.807, 2.05) is 18.2 Å². The highest BCUT2D eigenvalue weighted by Gasteiger charge is 2.23. The van der Waals surface area contributed by atoms with Crippen molar-refractivity contribution in [3.63, 3.8) is 0 Å². The van der Waals surface area contributed by atoms with Gasteiger partial charge in [0, 0.05) is 0 Å². The van der Waals surface area contributed by atoms with Gasteiger partial charge in [-0.15, -0.1) is 0 Å². The number of hydrogen-bond acceptors (Lipinski definition) is 3. The third kappa shape index (κ3) is 3.64. The summed E-state index contributed by atoms with van der Waals surface area (Å²) in [6.45, 7) is -2.83. The van der Waals surface area contributed by atoms with Crippen molar-refractivity contribution in [2.45, 2.75) is 32.0 Å². The molecule has 1 unspecified atom stereocenters. The van der Waals surface area contributed by atoms with Crippen molar-refractivity contribution in [1.29, 1.82) is 0 Å². The molecule has 0 heterocycles. The van der Waals surface area contributed by atoms with Gasteiger partial charge in [-0.1, -0.05) is 30.3 Å². The molecule has 24 heavy (non-hydrogen) atoms. The molecule has 2 aromatic carbocycles. The van der Waals surface area contributed by atoms with E-state index in [4.69, 9.17) is 10.5 Å². The number of carbonyl (C=O) groups excluding carboxylic acids is 1. The van der Waals surface area contributed by atoms with Crippen LogP contribution in [-0.2, 0) is 11.2 Å². The van der Waals surface area contributed by atoms with E-state index in [9.17, 15) is 13.6 Å². The summed E-state index contributed by atoms with van der Waals surface area (Å²) in [4.78, 5) is 11.0. The van der Waals surface area contributed by atoms with E-state index < -0.39 is 12.7 Å². The average Bonchev–Trinajstić information content (AvgIpc) is 2.54. The quantitative estimate of drug-likeness (QED) is 0.900. The van der Waals surface area contributed by atoms with Crippen LogP contribution in [0.4, 0.5) is 13.6 Å². The highest BCUT2D eigenvalue weighted by atomic mass is 19.3. The second-order valence-corrected chi connectivity index (χ2v) is 5.63. The highest BCUT2D eigenvalue weighted by Crippen LogP contribution is 2.35. The lowest BCUT2D eigenvalue weighted by atomic mass is 9.87. The molecule has 1 aliphatic carbocycles. The van der Waals surface area contributed by atoms with Crippen molar-refractivity contribution in [2.24, 2.45) is 5.73 Å². The van der Waals surface area contributed by atoms with Crippen LogP contribution in [0.25, 0.3) is 11.1 Å². The summed E-state index contributed by atoms with van der Waals surface area (Å²) in [5.41, 5.74) is 9.08. The smallest absolute Gasteiger partial charge is 0.405 e. The first-order valence-electron chi connectivity index (χ1n) is 7.67. The van der Waals surface area contributed by atoms with Crippen molar-refractivity contribution in [3.8, 4) is 16.9 Å². The van der Waals surface area contributed by atoms with Crippen LogP contribution in [0.15, 0.2) is 42.5 Å². The predicted octanol–water partition coefficient (Wildman–Crippen LogP) is 4.43. The van der Waals surface area contributed by atoms with Crippen LogP contribution in [0.3, 0.4) is 0 Å². The number of ether oxygens (including phenoxy) is 2. The number of primary amides is 1. The molecule has 1 amide bonds. The summed E-state index contributed by atoms with van der Waals surface area (Å²) in [5.74, 6) is 0.127. The van der Waals surface area contributed by atoms with Crippen LogP contribution >= 0.6 is 0 Å². The molecule has 0 spiro atoms. The summed E-state index contributed by atoms with van der Waals surface area (Å²) in [6.07, 6.45) is 1.49. The molecule has 1 aliphatic rings. The minimum atomic E-state index is -2.83. The van der Waals surface area contributed by atoms with Crippen molar-refractivity contribution >= 4 is 6.09 Å². The largest absolute Gasteiger partial charge is 0.442 e. The Morgan fingerprint density at radius 3 is 2.50 bits per heavy atom. The Bertz CT molecular complexity index is 732. The predicted molar refractivity (Wildman–Crippen MR) is 84.9 cm³/mol. The third-order valence-corrected chi connectivity index (χ3v) is 4.07. The van der Waals surface area contributed by atoms with Gasteiger partial charge >= 0.3 is 12.7 Å². The molecule has 126 valence electrons. The van der Waals surface area contributed by atoms with E-state index in [-0.39, 0.29) is 11.9 Å². The van der Waals surface area contributed by atoms with Crippen LogP contribution in [0.2, 0.25) is 0 Å². The fraction of sp³-hybridized carbons (Fsp3) is 0.278. The van der Waals surface area contributed by atoms with Crippen LogP contribution in [0.5, 0.6) is 5.75 Å². The molecule has 2 N–H and O–H groups in total. The Balaban J connectivity index is 1.84. The number of hydrogen-bond donors (Lipinski definition) is 1. The molecular weight excluding hydrogens is 316 g/mol. The van der Waals surface area contributed by atoms with Gasteiger partial charge in [-0.2, -0.15) is 8.78 Å². The number of alkyl halides is 2. The van der Waals surface area contributed by atoms with Gasteiger partial charge in [0.25, 0.3) is 0 Å². The first kappa shape index (κ1) is 16.2. The Kier molecular flexibility index (Phi) is 4.64. The third-order valence-electron chi connectivity index (χ3n) is 4.07. The first-order chi connectivity index (χ1) is 11.5. The zero-order valence-electron chi connectivity index (χ0n) is 12.9. The molecule has 0 saturated heterocycles. The van der Waals surface area contributed by atoms with Gasteiger partial charge in [0.15, 0.2) is 0 Å². The summed E-state index contributed by atoms with van der Waals surface area (Å²) in [5, 5.41) is 0. The number of benzene rings is 2. The van der Waals surface area contributed by atoms with Gasteiger partial charge < -0.3 is 15.2 Å². The molecule has 1 atom stereocenters. The summed E-state index contributed by atoms with van der Waals surface area (Å²) < 4.78 is 33.9. The van der Waals surface area contributed by atoms with Gasteiger partial charge in [-0.25, -0.2) is 4.79 Å². The van der Waals surface area contributed by atoms with Gasteiger partial charge in [0.1, 0.15) is 11.9 Å². The number of rotatable bonds is 4.